The van der Waals surface area contributed by atoms with Gasteiger partial charge in [0.15, 0.2) is 0 Å². The molecule has 0 spiro atoms. The molecule has 1 saturated heterocycles. The van der Waals surface area contributed by atoms with Crippen LogP contribution in [0.3, 0.4) is 0 Å². The largest absolute Gasteiger partial charge is 0.481 e. The first-order valence-electron chi connectivity index (χ1n) is 6.77. The molecule has 104 valence electrons. The summed E-state index contributed by atoms with van der Waals surface area (Å²) >= 11 is 0. The van der Waals surface area contributed by atoms with Crippen LogP contribution in [0.25, 0.3) is 0 Å². The van der Waals surface area contributed by atoms with E-state index in [2.05, 4.69) is 5.32 Å². The second-order valence-corrected chi connectivity index (χ2v) is 5.04. The summed E-state index contributed by atoms with van der Waals surface area (Å²) in [5.41, 5.74) is 0. The van der Waals surface area contributed by atoms with Crippen molar-refractivity contribution in [1.82, 2.24) is 5.32 Å². The lowest BCUT2D eigenvalue weighted by Crippen LogP contribution is -2.31. The van der Waals surface area contributed by atoms with Gasteiger partial charge in [0, 0.05) is 0 Å². The molecule has 5 nitrogen and oxygen atoms in total. The van der Waals surface area contributed by atoms with Crippen LogP contribution in [-0.2, 0) is 9.59 Å². The predicted molar refractivity (Wildman–Crippen MR) is 67.4 cm³/mol. The summed E-state index contributed by atoms with van der Waals surface area (Å²) in [6, 6.07) is 0. The minimum absolute atomic E-state index is 0.0289. The number of piperidine rings is 1. The third-order valence-corrected chi connectivity index (χ3v) is 3.64. The van der Waals surface area contributed by atoms with E-state index in [1.807, 2.05) is 0 Å². The van der Waals surface area contributed by atoms with Crippen LogP contribution < -0.4 is 5.32 Å². The van der Waals surface area contributed by atoms with Gasteiger partial charge < -0.3 is 15.5 Å². The zero-order valence-corrected chi connectivity index (χ0v) is 10.7. The lowest BCUT2D eigenvalue weighted by Gasteiger charge is -2.17. The molecule has 0 aromatic carbocycles. The molecule has 0 amide bonds. The zero-order chi connectivity index (χ0) is 13.4. The number of nitrogens with one attached hydrogen (secondary N) is 1. The van der Waals surface area contributed by atoms with Crippen LogP contribution in [0.15, 0.2) is 0 Å². The number of carboxylic acids is 2. The Morgan fingerprint density at radius 1 is 0.778 bits per heavy atom. The monoisotopic (exact) mass is 257 g/mol. The number of hydrogen-bond acceptors (Lipinski definition) is 3. The van der Waals surface area contributed by atoms with E-state index in [-0.39, 0.29) is 11.8 Å². The van der Waals surface area contributed by atoms with Gasteiger partial charge in [-0.25, -0.2) is 0 Å². The molecule has 2 rings (SSSR count). The Hall–Kier alpha value is -1.10. The molecule has 2 fully saturated rings. The fraction of sp³-hybridized carbons (Fsp3) is 0.846. The summed E-state index contributed by atoms with van der Waals surface area (Å²) in [5.74, 6) is -1.36. The second-order valence-electron chi connectivity index (χ2n) is 5.04. The second kappa shape index (κ2) is 8.08. The van der Waals surface area contributed by atoms with Crippen molar-refractivity contribution in [3.8, 4) is 0 Å². The first-order valence-corrected chi connectivity index (χ1v) is 6.77. The third-order valence-electron chi connectivity index (χ3n) is 3.64. The van der Waals surface area contributed by atoms with Gasteiger partial charge in [0.2, 0.25) is 0 Å². The van der Waals surface area contributed by atoms with E-state index in [1.54, 1.807) is 0 Å². The number of carbonyl (C=O) groups is 2. The molecule has 0 radical (unpaired) electrons. The maximum Gasteiger partial charge on any atom is 0.306 e. The van der Waals surface area contributed by atoms with Gasteiger partial charge in [-0.15, -0.1) is 0 Å². The highest BCUT2D eigenvalue weighted by molar-refractivity contribution is 5.70. The molecule has 2 aliphatic rings. The molecule has 1 heterocycles. The lowest BCUT2D eigenvalue weighted by atomic mass is 9.90. The molecule has 0 aromatic rings. The molecule has 1 aliphatic heterocycles. The fourth-order valence-corrected chi connectivity index (χ4v) is 2.42. The van der Waals surface area contributed by atoms with E-state index < -0.39 is 11.9 Å². The van der Waals surface area contributed by atoms with E-state index in [4.69, 9.17) is 10.2 Å². The van der Waals surface area contributed by atoms with E-state index >= 15 is 0 Å². The average molecular weight is 257 g/mol. The molecule has 0 aromatic heterocycles. The summed E-state index contributed by atoms with van der Waals surface area (Å²) in [6.45, 7) is 1.72. The zero-order valence-electron chi connectivity index (χ0n) is 10.7. The Morgan fingerprint density at radius 3 is 1.56 bits per heavy atom. The highest BCUT2D eigenvalue weighted by Crippen LogP contribution is 2.23. The van der Waals surface area contributed by atoms with Crippen molar-refractivity contribution in [3.63, 3.8) is 0 Å². The van der Waals surface area contributed by atoms with Gasteiger partial charge in [0.05, 0.1) is 11.8 Å². The number of carboxylic acid groups (broad SMARTS) is 2. The van der Waals surface area contributed by atoms with E-state index in [1.165, 1.54) is 6.42 Å². The van der Waals surface area contributed by atoms with Crippen molar-refractivity contribution in [2.24, 2.45) is 11.8 Å². The first kappa shape index (κ1) is 15.0. The van der Waals surface area contributed by atoms with Crippen LogP contribution in [0.4, 0.5) is 0 Å². The first-order chi connectivity index (χ1) is 8.61. The van der Waals surface area contributed by atoms with Crippen molar-refractivity contribution < 1.29 is 19.8 Å². The molecule has 0 bridgehead atoms. The van der Waals surface area contributed by atoms with Crippen LogP contribution in [0.2, 0.25) is 0 Å². The fourth-order valence-electron chi connectivity index (χ4n) is 2.42. The highest BCUT2D eigenvalue weighted by Gasteiger charge is 2.19. The number of hydrogen-bond donors (Lipinski definition) is 3. The summed E-state index contributed by atoms with van der Waals surface area (Å²) in [4.78, 5) is 20.7. The van der Waals surface area contributed by atoms with E-state index in [0.717, 1.165) is 51.6 Å². The SMILES string of the molecule is O=C(O)C1CCCCC1.O=C(O)C1CCNCC1. The molecule has 1 saturated carbocycles. The molecule has 3 N–H and O–H groups in total. The van der Waals surface area contributed by atoms with Crippen molar-refractivity contribution >= 4 is 11.9 Å². The molecule has 0 atom stereocenters. The topological polar surface area (TPSA) is 86.6 Å². The summed E-state index contributed by atoms with van der Waals surface area (Å²) in [6.07, 6.45) is 6.81. The quantitative estimate of drug-likeness (QED) is 0.701. The molecule has 1 aliphatic carbocycles. The molecular formula is C13H23NO4. The van der Waals surface area contributed by atoms with Crippen molar-refractivity contribution in [2.45, 2.75) is 44.9 Å². The van der Waals surface area contributed by atoms with Gasteiger partial charge in [-0.3, -0.25) is 9.59 Å². The van der Waals surface area contributed by atoms with Crippen LogP contribution in [0, 0.1) is 11.8 Å². The molecular weight excluding hydrogens is 234 g/mol. The molecule has 18 heavy (non-hydrogen) atoms. The molecule has 0 unspecified atom stereocenters. The minimum atomic E-state index is -0.642. The summed E-state index contributed by atoms with van der Waals surface area (Å²) < 4.78 is 0. The van der Waals surface area contributed by atoms with E-state index in [9.17, 15) is 9.59 Å². The van der Waals surface area contributed by atoms with Crippen LogP contribution in [0.5, 0.6) is 0 Å². The Balaban J connectivity index is 0.000000180. The predicted octanol–water partition coefficient (Wildman–Crippen LogP) is 1.72. The van der Waals surface area contributed by atoms with Gasteiger partial charge in [0.25, 0.3) is 0 Å². The Bertz CT molecular complexity index is 240. The van der Waals surface area contributed by atoms with Crippen LogP contribution >= 0.6 is 0 Å². The summed E-state index contributed by atoms with van der Waals surface area (Å²) in [7, 11) is 0. The number of rotatable bonds is 2. The normalized spacial score (nSPS) is 21.8. The maximum atomic E-state index is 10.4. The Kier molecular flexibility index (Phi) is 6.72. The van der Waals surface area contributed by atoms with Crippen molar-refractivity contribution in [1.29, 1.82) is 0 Å². The standard InChI is InChI=1S/C7H12O2.C6H11NO2/c8-7(9)6-4-2-1-3-5-6;8-6(9)5-1-3-7-4-2-5/h6H,1-5H2,(H,8,9);5,7H,1-4H2,(H,8,9). The summed E-state index contributed by atoms with van der Waals surface area (Å²) in [5, 5.41) is 20.2. The van der Waals surface area contributed by atoms with Crippen LogP contribution in [-0.4, -0.2) is 35.2 Å². The van der Waals surface area contributed by atoms with E-state index in [0.29, 0.717) is 0 Å². The van der Waals surface area contributed by atoms with Crippen LogP contribution in [0.1, 0.15) is 44.9 Å². The third kappa shape index (κ3) is 5.49. The number of aliphatic carboxylic acids is 2. The Labute approximate surface area is 108 Å². The Morgan fingerprint density at radius 2 is 1.22 bits per heavy atom. The smallest absolute Gasteiger partial charge is 0.306 e. The highest BCUT2D eigenvalue weighted by atomic mass is 16.4. The van der Waals surface area contributed by atoms with Gasteiger partial charge in [-0.2, -0.15) is 0 Å². The average Bonchev–Trinajstić information content (AvgIpc) is 2.41. The van der Waals surface area contributed by atoms with Gasteiger partial charge in [-0.05, 0) is 38.8 Å². The molecule has 5 heteroatoms. The van der Waals surface area contributed by atoms with Gasteiger partial charge in [-0.1, -0.05) is 19.3 Å². The maximum absolute atomic E-state index is 10.4. The van der Waals surface area contributed by atoms with Gasteiger partial charge in [0.1, 0.15) is 0 Å². The lowest BCUT2D eigenvalue weighted by molar-refractivity contribution is -0.143. The van der Waals surface area contributed by atoms with Crippen molar-refractivity contribution in [2.75, 3.05) is 13.1 Å². The van der Waals surface area contributed by atoms with Gasteiger partial charge >= 0.3 is 11.9 Å². The minimum Gasteiger partial charge on any atom is -0.481 e. The van der Waals surface area contributed by atoms with Crippen molar-refractivity contribution in [3.05, 3.63) is 0 Å².